The van der Waals surface area contributed by atoms with Crippen LogP contribution in [0.25, 0.3) is 11.0 Å². The fraction of sp³-hybridized carbons (Fsp3) is 0.273. The summed E-state index contributed by atoms with van der Waals surface area (Å²) in [7, 11) is 0. The van der Waals surface area contributed by atoms with Crippen LogP contribution >= 0.6 is 15.9 Å². The van der Waals surface area contributed by atoms with E-state index in [0.29, 0.717) is 17.9 Å². The van der Waals surface area contributed by atoms with Gasteiger partial charge in [0, 0.05) is 9.86 Å². The summed E-state index contributed by atoms with van der Waals surface area (Å²) in [5.74, 6) is -0.516. The highest BCUT2D eigenvalue weighted by atomic mass is 79.9. The maximum atomic E-state index is 12.6. The molecule has 0 saturated carbocycles. The Balaban J connectivity index is 2.57. The zero-order valence-corrected chi connectivity index (χ0v) is 10.3. The zero-order valence-electron chi connectivity index (χ0n) is 8.68. The molecule has 0 radical (unpaired) electrons. The van der Waals surface area contributed by atoms with E-state index >= 15 is 0 Å². The topological polar surface area (TPSA) is 33.4 Å². The van der Waals surface area contributed by atoms with Crippen LogP contribution < -0.4 is 0 Å². The minimum Gasteiger partial charge on any atom is -0.458 e. The Labute approximate surface area is 103 Å². The Morgan fingerprint density at radius 3 is 2.47 bits per heavy atom. The van der Waals surface area contributed by atoms with Crippen molar-refractivity contribution in [1.29, 1.82) is 0 Å². The first-order valence-electron chi connectivity index (χ1n) is 4.70. The molecule has 1 N–H and O–H groups in total. The molecule has 0 saturated heterocycles. The average Bonchev–Trinajstić information content (AvgIpc) is 2.58. The molecule has 1 aromatic heterocycles. The number of rotatable bonds is 1. The summed E-state index contributed by atoms with van der Waals surface area (Å²) in [5, 5.41) is 9.96. The van der Waals surface area contributed by atoms with Crippen LogP contribution in [-0.4, -0.2) is 11.3 Å². The minimum atomic E-state index is -4.78. The van der Waals surface area contributed by atoms with Crippen molar-refractivity contribution >= 4 is 26.9 Å². The molecule has 0 amide bonds. The summed E-state index contributed by atoms with van der Waals surface area (Å²) in [5.41, 5.74) is -2.69. The van der Waals surface area contributed by atoms with Crippen molar-refractivity contribution in [2.75, 3.05) is 0 Å². The van der Waals surface area contributed by atoms with Crippen LogP contribution in [0.3, 0.4) is 0 Å². The van der Waals surface area contributed by atoms with Gasteiger partial charge in [-0.25, -0.2) is 0 Å². The van der Waals surface area contributed by atoms with Gasteiger partial charge in [-0.2, -0.15) is 13.2 Å². The van der Waals surface area contributed by atoms with Gasteiger partial charge in [-0.15, -0.1) is 0 Å². The van der Waals surface area contributed by atoms with Crippen molar-refractivity contribution in [2.24, 2.45) is 0 Å². The maximum Gasteiger partial charge on any atom is 0.424 e. The van der Waals surface area contributed by atoms with E-state index in [1.807, 2.05) is 0 Å². The van der Waals surface area contributed by atoms with Crippen LogP contribution in [0.4, 0.5) is 13.2 Å². The quantitative estimate of drug-likeness (QED) is 0.865. The number of fused-ring (bicyclic) bond motifs is 1. The van der Waals surface area contributed by atoms with Crippen molar-refractivity contribution in [1.82, 2.24) is 0 Å². The molecular weight excluding hydrogens is 301 g/mol. The van der Waals surface area contributed by atoms with Crippen molar-refractivity contribution in [3.05, 3.63) is 34.5 Å². The van der Waals surface area contributed by atoms with Crippen LogP contribution in [0, 0.1) is 0 Å². The van der Waals surface area contributed by atoms with E-state index in [1.165, 1.54) is 12.1 Å². The molecule has 1 heterocycles. The molecule has 2 rings (SSSR count). The molecule has 2 aromatic rings. The third-order valence-electron chi connectivity index (χ3n) is 2.51. The number of halogens is 4. The van der Waals surface area contributed by atoms with Crippen LogP contribution in [-0.2, 0) is 5.60 Å². The number of aliphatic hydroxyl groups is 1. The van der Waals surface area contributed by atoms with Crippen molar-refractivity contribution < 1.29 is 22.7 Å². The molecule has 0 aliphatic heterocycles. The first-order chi connectivity index (χ1) is 7.72. The summed E-state index contributed by atoms with van der Waals surface area (Å²) < 4.78 is 43.6. The van der Waals surface area contributed by atoms with Gasteiger partial charge in [-0.1, -0.05) is 15.9 Å². The van der Waals surface area contributed by atoms with Crippen LogP contribution in [0.15, 0.2) is 33.2 Å². The maximum absolute atomic E-state index is 12.6. The number of furan rings is 1. The molecule has 0 bridgehead atoms. The van der Waals surface area contributed by atoms with Gasteiger partial charge in [0.05, 0.1) is 0 Å². The van der Waals surface area contributed by atoms with Crippen molar-refractivity contribution in [2.45, 2.75) is 18.7 Å². The van der Waals surface area contributed by atoms with Gasteiger partial charge in [-0.3, -0.25) is 0 Å². The Bertz CT molecular complexity index is 557. The van der Waals surface area contributed by atoms with E-state index in [0.717, 1.165) is 4.47 Å². The Kier molecular flexibility index (Phi) is 2.74. The van der Waals surface area contributed by atoms with E-state index in [4.69, 9.17) is 4.42 Å². The zero-order chi connectivity index (χ0) is 12.8. The van der Waals surface area contributed by atoms with Crippen molar-refractivity contribution in [3.63, 3.8) is 0 Å². The number of hydrogen-bond donors (Lipinski definition) is 1. The average molecular weight is 309 g/mol. The standard InChI is InChI=1S/C11H8BrF3O2/c1-10(16,11(13,14)15)9-5-6-4-7(12)2-3-8(6)17-9/h2-5,16H,1H3. The number of alkyl halides is 3. The second-order valence-corrected chi connectivity index (χ2v) is 4.78. The third-order valence-corrected chi connectivity index (χ3v) is 3.00. The lowest BCUT2D eigenvalue weighted by molar-refractivity contribution is -0.264. The summed E-state index contributed by atoms with van der Waals surface area (Å²) in [4.78, 5) is 0. The fourth-order valence-electron chi connectivity index (χ4n) is 1.39. The predicted molar refractivity (Wildman–Crippen MR) is 59.5 cm³/mol. The molecule has 92 valence electrons. The van der Waals surface area contributed by atoms with Gasteiger partial charge in [0.25, 0.3) is 0 Å². The van der Waals surface area contributed by atoms with Gasteiger partial charge in [-0.05, 0) is 31.2 Å². The molecule has 0 spiro atoms. The van der Waals surface area contributed by atoms with Gasteiger partial charge in [0.1, 0.15) is 11.3 Å². The minimum absolute atomic E-state index is 0.299. The molecule has 1 unspecified atom stereocenters. The Morgan fingerprint density at radius 1 is 1.24 bits per heavy atom. The van der Waals surface area contributed by atoms with Gasteiger partial charge >= 0.3 is 6.18 Å². The predicted octanol–water partition coefficient (Wildman–Crippen LogP) is 3.97. The van der Waals surface area contributed by atoms with E-state index in [-0.39, 0.29) is 0 Å². The largest absolute Gasteiger partial charge is 0.458 e. The SMILES string of the molecule is CC(O)(c1cc2cc(Br)ccc2o1)C(F)(F)F. The molecule has 1 aromatic carbocycles. The third kappa shape index (κ3) is 2.07. The molecule has 2 nitrogen and oxygen atoms in total. The molecular formula is C11H8BrF3O2. The molecule has 1 atom stereocenters. The van der Waals surface area contributed by atoms with Gasteiger partial charge in [0.15, 0.2) is 0 Å². The molecule has 0 aliphatic rings. The Morgan fingerprint density at radius 2 is 1.88 bits per heavy atom. The van der Waals surface area contributed by atoms with E-state index in [9.17, 15) is 18.3 Å². The van der Waals surface area contributed by atoms with E-state index < -0.39 is 17.5 Å². The second-order valence-electron chi connectivity index (χ2n) is 3.86. The summed E-state index contributed by atoms with van der Waals surface area (Å²) in [6.07, 6.45) is -4.78. The number of benzene rings is 1. The van der Waals surface area contributed by atoms with Crippen molar-refractivity contribution in [3.8, 4) is 0 Å². The van der Waals surface area contributed by atoms with Crippen LogP contribution in [0.5, 0.6) is 0 Å². The van der Waals surface area contributed by atoms with Gasteiger partial charge < -0.3 is 9.52 Å². The lowest BCUT2D eigenvalue weighted by Gasteiger charge is -2.23. The highest BCUT2D eigenvalue weighted by Crippen LogP contribution is 2.40. The van der Waals surface area contributed by atoms with Gasteiger partial charge in [0.2, 0.25) is 5.60 Å². The summed E-state index contributed by atoms with van der Waals surface area (Å²) in [6.45, 7) is 0.666. The molecule has 0 aliphatic carbocycles. The van der Waals surface area contributed by atoms with E-state index in [2.05, 4.69) is 15.9 Å². The summed E-state index contributed by atoms with van der Waals surface area (Å²) in [6, 6.07) is 6.00. The lowest BCUT2D eigenvalue weighted by atomic mass is 10.0. The normalized spacial score (nSPS) is 16.1. The molecule has 0 fully saturated rings. The highest BCUT2D eigenvalue weighted by Gasteiger charge is 2.53. The fourth-order valence-corrected chi connectivity index (χ4v) is 1.77. The summed E-state index contributed by atoms with van der Waals surface area (Å²) >= 11 is 3.21. The number of hydrogen-bond acceptors (Lipinski definition) is 2. The second kappa shape index (κ2) is 3.74. The lowest BCUT2D eigenvalue weighted by Crippen LogP contribution is -2.38. The highest BCUT2D eigenvalue weighted by molar-refractivity contribution is 9.10. The monoisotopic (exact) mass is 308 g/mol. The van der Waals surface area contributed by atoms with Crippen LogP contribution in [0.2, 0.25) is 0 Å². The molecule has 6 heteroatoms. The van der Waals surface area contributed by atoms with Crippen LogP contribution in [0.1, 0.15) is 12.7 Å². The first-order valence-corrected chi connectivity index (χ1v) is 5.50. The van der Waals surface area contributed by atoms with E-state index in [1.54, 1.807) is 12.1 Å². The molecule has 17 heavy (non-hydrogen) atoms. The Hall–Kier alpha value is -1.01. The first kappa shape index (κ1) is 12.4. The smallest absolute Gasteiger partial charge is 0.424 e.